The minimum Gasteiger partial charge on any atom is -0.382 e. The molecule has 0 amide bonds. The van der Waals surface area contributed by atoms with Gasteiger partial charge >= 0.3 is 5.69 Å². The second-order valence-electron chi connectivity index (χ2n) is 3.60. The Morgan fingerprint density at radius 1 is 1.50 bits per heavy atom. The number of rotatable bonds is 5. The van der Waals surface area contributed by atoms with Crippen molar-refractivity contribution >= 4 is 17.1 Å². The van der Waals surface area contributed by atoms with Gasteiger partial charge in [0.15, 0.2) is 0 Å². The van der Waals surface area contributed by atoms with Crippen LogP contribution in [0.2, 0.25) is 0 Å². The van der Waals surface area contributed by atoms with Crippen molar-refractivity contribution in [2.75, 3.05) is 30.9 Å². The highest BCUT2D eigenvalue weighted by molar-refractivity contribution is 5.76. The Morgan fingerprint density at radius 3 is 2.69 bits per heavy atom. The maximum Gasteiger partial charge on any atom is 0.315 e. The fourth-order valence-corrected chi connectivity index (χ4v) is 1.69. The molecule has 1 aromatic carbocycles. The smallest absolute Gasteiger partial charge is 0.315 e. The number of nitrogens with one attached hydrogen (secondary N) is 1. The van der Waals surface area contributed by atoms with Crippen LogP contribution < -0.4 is 10.2 Å². The minimum absolute atomic E-state index is 0.140. The van der Waals surface area contributed by atoms with Crippen molar-refractivity contribution < 1.29 is 4.92 Å². The van der Waals surface area contributed by atoms with Gasteiger partial charge in [-0.3, -0.25) is 10.1 Å². The fraction of sp³-hybridized carbons (Fsp3) is 0.455. The van der Waals surface area contributed by atoms with Gasteiger partial charge in [0.1, 0.15) is 11.4 Å². The van der Waals surface area contributed by atoms with Crippen molar-refractivity contribution in [3.63, 3.8) is 0 Å². The third kappa shape index (κ3) is 2.42. The predicted molar refractivity (Wildman–Crippen MR) is 66.2 cm³/mol. The van der Waals surface area contributed by atoms with E-state index in [-0.39, 0.29) is 10.6 Å². The molecule has 5 nitrogen and oxygen atoms in total. The molecule has 0 bridgehead atoms. The summed E-state index contributed by atoms with van der Waals surface area (Å²) in [5, 5.41) is 13.9. The van der Waals surface area contributed by atoms with E-state index in [9.17, 15) is 10.1 Å². The van der Waals surface area contributed by atoms with Gasteiger partial charge in [-0.1, -0.05) is 13.0 Å². The number of para-hydroxylation sites is 1. The first-order valence-electron chi connectivity index (χ1n) is 5.28. The molecule has 0 spiro atoms. The molecule has 0 saturated carbocycles. The molecule has 0 fully saturated rings. The predicted octanol–water partition coefficient (Wildman–Crippen LogP) is 2.48. The number of nitrogens with zero attached hydrogens (tertiary/aromatic N) is 2. The summed E-state index contributed by atoms with van der Waals surface area (Å²) < 4.78 is 0. The summed E-state index contributed by atoms with van der Waals surface area (Å²) in [6.45, 7) is 2.85. The molecule has 0 radical (unpaired) electrons. The number of hydrogen-bond acceptors (Lipinski definition) is 4. The quantitative estimate of drug-likeness (QED) is 0.615. The fourth-order valence-electron chi connectivity index (χ4n) is 1.69. The third-order valence-electron chi connectivity index (χ3n) is 2.44. The lowest BCUT2D eigenvalue weighted by Crippen LogP contribution is -2.19. The van der Waals surface area contributed by atoms with Gasteiger partial charge in [-0.15, -0.1) is 0 Å². The van der Waals surface area contributed by atoms with E-state index in [1.165, 1.54) is 0 Å². The van der Waals surface area contributed by atoms with E-state index in [4.69, 9.17) is 0 Å². The molecule has 0 aliphatic heterocycles. The van der Waals surface area contributed by atoms with Crippen LogP contribution in [-0.2, 0) is 0 Å². The highest BCUT2D eigenvalue weighted by Gasteiger charge is 2.20. The molecular weight excluding hydrogens is 206 g/mol. The lowest BCUT2D eigenvalue weighted by atomic mass is 10.2. The maximum atomic E-state index is 11.0. The van der Waals surface area contributed by atoms with Crippen LogP contribution in [0.1, 0.15) is 13.3 Å². The lowest BCUT2D eigenvalue weighted by Gasteiger charge is -2.19. The second kappa shape index (κ2) is 5.34. The van der Waals surface area contributed by atoms with E-state index in [0.29, 0.717) is 11.4 Å². The van der Waals surface area contributed by atoms with Gasteiger partial charge in [0.25, 0.3) is 0 Å². The molecule has 5 heteroatoms. The van der Waals surface area contributed by atoms with Gasteiger partial charge in [0.2, 0.25) is 0 Å². The Kier molecular flexibility index (Phi) is 4.10. The number of hydrogen-bond donors (Lipinski definition) is 1. The van der Waals surface area contributed by atoms with Crippen LogP contribution in [0, 0.1) is 10.1 Å². The van der Waals surface area contributed by atoms with E-state index >= 15 is 0 Å². The molecule has 1 N–H and O–H groups in total. The zero-order valence-electron chi connectivity index (χ0n) is 9.86. The summed E-state index contributed by atoms with van der Waals surface area (Å²) in [5.41, 5.74) is 1.34. The number of nitro benzene ring substituents is 1. The molecule has 88 valence electrons. The van der Waals surface area contributed by atoms with Crippen molar-refractivity contribution in [1.29, 1.82) is 0 Å². The summed E-state index contributed by atoms with van der Waals surface area (Å²) in [4.78, 5) is 12.6. The summed E-state index contributed by atoms with van der Waals surface area (Å²) in [5.74, 6) is 0. The molecule has 16 heavy (non-hydrogen) atoms. The second-order valence-corrected chi connectivity index (χ2v) is 3.60. The van der Waals surface area contributed by atoms with Crippen molar-refractivity contribution in [1.82, 2.24) is 0 Å². The van der Waals surface area contributed by atoms with Gasteiger partial charge in [-0.2, -0.15) is 0 Å². The molecule has 0 aliphatic carbocycles. The average molecular weight is 223 g/mol. The Bertz CT molecular complexity index is 379. The lowest BCUT2D eigenvalue weighted by molar-refractivity contribution is -0.383. The highest BCUT2D eigenvalue weighted by Crippen LogP contribution is 2.34. The molecule has 1 rings (SSSR count). The first-order valence-corrected chi connectivity index (χ1v) is 5.28. The molecule has 0 atom stereocenters. The van der Waals surface area contributed by atoms with Crippen LogP contribution in [0.25, 0.3) is 0 Å². The molecule has 0 aliphatic rings. The van der Waals surface area contributed by atoms with Crippen LogP contribution in [-0.4, -0.2) is 25.6 Å². The van der Waals surface area contributed by atoms with Crippen molar-refractivity contribution in [2.24, 2.45) is 0 Å². The van der Waals surface area contributed by atoms with Crippen molar-refractivity contribution in [3.05, 3.63) is 28.3 Å². The van der Waals surface area contributed by atoms with E-state index in [1.807, 2.05) is 24.9 Å². The zero-order chi connectivity index (χ0) is 12.1. The number of benzene rings is 1. The van der Waals surface area contributed by atoms with E-state index < -0.39 is 0 Å². The van der Waals surface area contributed by atoms with Crippen LogP contribution in [0.5, 0.6) is 0 Å². The zero-order valence-corrected chi connectivity index (χ0v) is 9.86. The Morgan fingerprint density at radius 2 is 2.19 bits per heavy atom. The molecule has 0 saturated heterocycles. The Hall–Kier alpha value is -1.78. The average Bonchev–Trinajstić information content (AvgIpc) is 2.28. The highest BCUT2D eigenvalue weighted by atomic mass is 16.6. The van der Waals surface area contributed by atoms with E-state index in [1.54, 1.807) is 19.2 Å². The maximum absolute atomic E-state index is 11.0. The topological polar surface area (TPSA) is 58.4 Å². The first kappa shape index (κ1) is 12.3. The van der Waals surface area contributed by atoms with Gasteiger partial charge in [-0.05, 0) is 18.6 Å². The summed E-state index contributed by atoms with van der Waals surface area (Å²) in [6.07, 6.45) is 0.956. The van der Waals surface area contributed by atoms with Crippen molar-refractivity contribution in [2.45, 2.75) is 13.3 Å². The molecule has 0 unspecified atom stereocenters. The molecular formula is C11H17N3O2. The van der Waals surface area contributed by atoms with Crippen LogP contribution >= 0.6 is 0 Å². The van der Waals surface area contributed by atoms with Crippen molar-refractivity contribution in [3.8, 4) is 0 Å². The standard InChI is InChI=1S/C11H17N3O2/c1-4-8-13(3)10-7-5-6-9(12-2)11(10)14(15)16/h5-7,12H,4,8H2,1-3H3. The molecule has 0 aromatic heterocycles. The number of anilines is 2. The van der Waals surface area contributed by atoms with Crippen LogP contribution in [0.15, 0.2) is 18.2 Å². The SMILES string of the molecule is CCCN(C)c1cccc(NC)c1[N+](=O)[O-]. The minimum atomic E-state index is -0.340. The van der Waals surface area contributed by atoms with Gasteiger partial charge in [0, 0.05) is 20.6 Å². The monoisotopic (exact) mass is 223 g/mol. The van der Waals surface area contributed by atoms with Gasteiger partial charge in [-0.25, -0.2) is 0 Å². The number of nitro groups is 1. The third-order valence-corrected chi connectivity index (χ3v) is 2.44. The Labute approximate surface area is 95.2 Å². The van der Waals surface area contributed by atoms with E-state index in [0.717, 1.165) is 13.0 Å². The Balaban J connectivity index is 3.21. The first-order chi connectivity index (χ1) is 7.61. The van der Waals surface area contributed by atoms with E-state index in [2.05, 4.69) is 5.32 Å². The van der Waals surface area contributed by atoms with Gasteiger partial charge < -0.3 is 10.2 Å². The van der Waals surface area contributed by atoms with Gasteiger partial charge in [0.05, 0.1) is 4.92 Å². The van der Waals surface area contributed by atoms with Crippen LogP contribution in [0.3, 0.4) is 0 Å². The molecule has 1 aromatic rings. The molecule has 0 heterocycles. The largest absolute Gasteiger partial charge is 0.382 e. The summed E-state index contributed by atoms with van der Waals surface area (Å²) >= 11 is 0. The summed E-state index contributed by atoms with van der Waals surface area (Å²) in [7, 11) is 3.55. The normalized spacial score (nSPS) is 9.94. The van der Waals surface area contributed by atoms with Crippen LogP contribution in [0.4, 0.5) is 17.1 Å². The summed E-state index contributed by atoms with van der Waals surface area (Å²) in [6, 6.07) is 5.30.